The van der Waals surface area contributed by atoms with Gasteiger partial charge in [0.05, 0.1) is 0 Å². The standard InChI is InChI=1S/C17H21N3/c1-6-16(20(5)12(2)3)13-7-8-14-11-19-17(18-4)10-15(14)9-13/h6-11H,2H2,1,3-5H3,(H,18,19)/b16-6-. The Kier molecular flexibility index (Phi) is 4.08. The highest BCUT2D eigenvalue weighted by molar-refractivity contribution is 5.87. The first-order valence-electron chi connectivity index (χ1n) is 6.70. The number of rotatable bonds is 4. The van der Waals surface area contributed by atoms with E-state index in [1.807, 2.05) is 34.1 Å². The summed E-state index contributed by atoms with van der Waals surface area (Å²) in [4.78, 5) is 6.43. The second kappa shape index (κ2) is 5.78. The van der Waals surface area contributed by atoms with Crippen molar-refractivity contribution in [3.05, 3.63) is 54.4 Å². The number of aromatic nitrogens is 1. The SMILES string of the molecule is C=C(C)N(C)/C(=C\C)c1ccc2cnc(NC)cc2c1. The van der Waals surface area contributed by atoms with Crippen LogP contribution >= 0.6 is 0 Å². The second-order valence-electron chi connectivity index (χ2n) is 4.85. The minimum Gasteiger partial charge on any atom is -0.373 e. The molecule has 1 aromatic carbocycles. The molecule has 0 bridgehead atoms. The van der Waals surface area contributed by atoms with Gasteiger partial charge >= 0.3 is 0 Å². The number of nitrogens with one attached hydrogen (secondary N) is 1. The molecule has 1 N–H and O–H groups in total. The molecule has 0 radical (unpaired) electrons. The molecular weight excluding hydrogens is 246 g/mol. The van der Waals surface area contributed by atoms with Gasteiger partial charge in [-0.3, -0.25) is 0 Å². The zero-order valence-electron chi connectivity index (χ0n) is 12.6. The quantitative estimate of drug-likeness (QED) is 0.903. The van der Waals surface area contributed by atoms with E-state index in [9.17, 15) is 0 Å². The third-order valence-corrected chi connectivity index (χ3v) is 3.48. The summed E-state index contributed by atoms with van der Waals surface area (Å²) in [5.74, 6) is 0.880. The Hall–Kier alpha value is -2.29. The van der Waals surface area contributed by atoms with Crippen LogP contribution in [0.5, 0.6) is 0 Å². The molecular formula is C17H21N3. The van der Waals surface area contributed by atoms with E-state index in [-0.39, 0.29) is 0 Å². The van der Waals surface area contributed by atoms with Gasteiger partial charge in [-0.15, -0.1) is 0 Å². The Labute approximate surface area is 120 Å². The van der Waals surface area contributed by atoms with Crippen molar-refractivity contribution in [1.82, 2.24) is 9.88 Å². The fraction of sp³-hybridized carbons (Fsp3) is 0.235. The molecule has 104 valence electrons. The van der Waals surface area contributed by atoms with Crippen LogP contribution in [0.3, 0.4) is 0 Å². The summed E-state index contributed by atoms with van der Waals surface area (Å²) in [7, 11) is 3.91. The summed E-state index contributed by atoms with van der Waals surface area (Å²) in [5.41, 5.74) is 3.35. The van der Waals surface area contributed by atoms with Crippen molar-refractivity contribution in [3.63, 3.8) is 0 Å². The lowest BCUT2D eigenvalue weighted by Gasteiger charge is -2.23. The van der Waals surface area contributed by atoms with Crippen molar-refractivity contribution in [3.8, 4) is 0 Å². The maximum Gasteiger partial charge on any atom is 0.126 e. The van der Waals surface area contributed by atoms with Gasteiger partial charge in [0.1, 0.15) is 5.82 Å². The highest BCUT2D eigenvalue weighted by Gasteiger charge is 2.08. The van der Waals surface area contributed by atoms with Crippen LogP contribution in [0.1, 0.15) is 19.4 Å². The smallest absolute Gasteiger partial charge is 0.126 e. The van der Waals surface area contributed by atoms with E-state index >= 15 is 0 Å². The lowest BCUT2D eigenvalue weighted by atomic mass is 10.1. The number of fused-ring (bicyclic) bond motifs is 1. The third-order valence-electron chi connectivity index (χ3n) is 3.48. The van der Waals surface area contributed by atoms with Gasteiger partial charge in [-0.2, -0.15) is 0 Å². The molecule has 0 aliphatic rings. The van der Waals surface area contributed by atoms with Crippen LogP contribution < -0.4 is 5.32 Å². The summed E-state index contributed by atoms with van der Waals surface area (Å²) in [6.07, 6.45) is 4.00. The van der Waals surface area contributed by atoms with Gasteiger partial charge in [0.25, 0.3) is 0 Å². The van der Waals surface area contributed by atoms with E-state index < -0.39 is 0 Å². The molecule has 3 nitrogen and oxygen atoms in total. The van der Waals surface area contributed by atoms with Crippen LogP contribution in [-0.4, -0.2) is 24.0 Å². The average molecular weight is 267 g/mol. The van der Waals surface area contributed by atoms with Gasteiger partial charge < -0.3 is 10.2 Å². The molecule has 3 heteroatoms. The highest BCUT2D eigenvalue weighted by Crippen LogP contribution is 2.25. The fourth-order valence-corrected chi connectivity index (χ4v) is 2.20. The molecule has 2 aromatic rings. The zero-order valence-corrected chi connectivity index (χ0v) is 12.6. The van der Waals surface area contributed by atoms with E-state index in [2.05, 4.69) is 52.1 Å². The van der Waals surface area contributed by atoms with Gasteiger partial charge in [-0.25, -0.2) is 4.98 Å². The Balaban J connectivity index is 2.52. The van der Waals surface area contributed by atoms with Crippen LogP contribution in [-0.2, 0) is 0 Å². The first kappa shape index (κ1) is 14.1. The van der Waals surface area contributed by atoms with Crippen LogP contribution in [0.4, 0.5) is 5.82 Å². The Morgan fingerprint density at radius 3 is 2.65 bits per heavy atom. The summed E-state index contributed by atoms with van der Waals surface area (Å²) in [6.45, 7) is 8.06. The molecule has 0 spiro atoms. The Morgan fingerprint density at radius 1 is 1.30 bits per heavy atom. The number of hydrogen-bond acceptors (Lipinski definition) is 3. The maximum absolute atomic E-state index is 4.33. The monoisotopic (exact) mass is 267 g/mol. The minimum absolute atomic E-state index is 0.880. The van der Waals surface area contributed by atoms with E-state index in [4.69, 9.17) is 0 Å². The second-order valence-corrected chi connectivity index (χ2v) is 4.85. The zero-order chi connectivity index (χ0) is 14.7. The predicted molar refractivity (Wildman–Crippen MR) is 87.5 cm³/mol. The number of allylic oxidation sites excluding steroid dienone is 2. The molecule has 0 saturated carbocycles. The van der Waals surface area contributed by atoms with E-state index in [0.29, 0.717) is 0 Å². The molecule has 0 atom stereocenters. The van der Waals surface area contributed by atoms with E-state index in [1.165, 1.54) is 10.9 Å². The van der Waals surface area contributed by atoms with Crippen LogP contribution in [0, 0.1) is 0 Å². The normalized spacial score (nSPS) is 11.5. The summed E-state index contributed by atoms with van der Waals surface area (Å²) in [5, 5.41) is 5.39. The molecule has 2 rings (SSSR count). The van der Waals surface area contributed by atoms with Crippen LogP contribution in [0.25, 0.3) is 16.5 Å². The fourth-order valence-electron chi connectivity index (χ4n) is 2.20. The molecule has 20 heavy (non-hydrogen) atoms. The van der Waals surface area contributed by atoms with Gasteiger partial charge in [-0.1, -0.05) is 24.8 Å². The third kappa shape index (κ3) is 2.67. The van der Waals surface area contributed by atoms with Crippen molar-refractivity contribution >= 4 is 22.3 Å². The van der Waals surface area contributed by atoms with Crippen molar-refractivity contribution in [1.29, 1.82) is 0 Å². The van der Waals surface area contributed by atoms with Gasteiger partial charge in [0, 0.05) is 37.1 Å². The molecule has 0 aliphatic heterocycles. The summed E-state index contributed by atoms with van der Waals surface area (Å²) >= 11 is 0. The molecule has 1 heterocycles. The van der Waals surface area contributed by atoms with Gasteiger partial charge in [0.15, 0.2) is 0 Å². The van der Waals surface area contributed by atoms with Crippen molar-refractivity contribution in [2.24, 2.45) is 0 Å². The molecule has 0 aliphatic carbocycles. The molecule has 0 amide bonds. The molecule has 1 aromatic heterocycles. The number of hydrogen-bond donors (Lipinski definition) is 1. The highest BCUT2D eigenvalue weighted by atomic mass is 15.1. The van der Waals surface area contributed by atoms with Crippen molar-refractivity contribution in [2.75, 3.05) is 19.4 Å². The number of nitrogens with zero attached hydrogens (tertiary/aromatic N) is 2. The molecule has 0 saturated heterocycles. The largest absolute Gasteiger partial charge is 0.373 e. The number of pyridine rings is 1. The lowest BCUT2D eigenvalue weighted by Crippen LogP contribution is -2.13. The van der Waals surface area contributed by atoms with Crippen LogP contribution in [0.2, 0.25) is 0 Å². The molecule has 0 unspecified atom stereocenters. The number of anilines is 1. The first-order chi connectivity index (χ1) is 9.56. The molecule has 0 fully saturated rings. The lowest BCUT2D eigenvalue weighted by molar-refractivity contribution is 0.600. The van der Waals surface area contributed by atoms with E-state index in [1.54, 1.807) is 0 Å². The van der Waals surface area contributed by atoms with E-state index in [0.717, 1.165) is 22.6 Å². The predicted octanol–water partition coefficient (Wildman–Crippen LogP) is 4.10. The Bertz CT molecular complexity index is 671. The topological polar surface area (TPSA) is 28.2 Å². The van der Waals surface area contributed by atoms with Gasteiger partial charge in [0.2, 0.25) is 0 Å². The summed E-state index contributed by atoms with van der Waals surface area (Å²) < 4.78 is 0. The van der Waals surface area contributed by atoms with Gasteiger partial charge in [-0.05, 0) is 36.9 Å². The first-order valence-corrected chi connectivity index (χ1v) is 6.70. The minimum atomic E-state index is 0.880. The Morgan fingerprint density at radius 2 is 2.05 bits per heavy atom. The summed E-state index contributed by atoms with van der Waals surface area (Å²) in [6, 6.07) is 8.48. The maximum atomic E-state index is 4.33. The number of benzene rings is 1. The average Bonchev–Trinajstić information content (AvgIpc) is 2.46. The van der Waals surface area contributed by atoms with Crippen LogP contribution in [0.15, 0.2) is 48.8 Å². The van der Waals surface area contributed by atoms with Crippen molar-refractivity contribution < 1.29 is 0 Å². The van der Waals surface area contributed by atoms with Crippen molar-refractivity contribution in [2.45, 2.75) is 13.8 Å².